The van der Waals surface area contributed by atoms with Gasteiger partial charge in [-0.2, -0.15) is 0 Å². The van der Waals surface area contributed by atoms with E-state index in [-0.39, 0.29) is 0 Å². The lowest BCUT2D eigenvalue weighted by atomic mass is 9.94. The minimum Gasteiger partial charge on any atom is -0.379 e. The quantitative estimate of drug-likeness (QED) is 0.852. The van der Waals surface area contributed by atoms with E-state index in [1.807, 2.05) is 18.5 Å². The third kappa shape index (κ3) is 3.57. The molecule has 1 aliphatic carbocycles. The lowest BCUT2D eigenvalue weighted by Gasteiger charge is -2.33. The smallest absolute Gasteiger partial charge is 0.0623 e. The average molecular weight is 275 g/mol. The van der Waals surface area contributed by atoms with Crippen molar-refractivity contribution in [1.29, 1.82) is 0 Å². The molecule has 2 N–H and O–H groups in total. The van der Waals surface area contributed by atoms with E-state index in [0.717, 1.165) is 38.6 Å². The summed E-state index contributed by atoms with van der Waals surface area (Å²) in [5, 5.41) is 7.38. The molecule has 1 aliphatic heterocycles. The fourth-order valence-electron chi connectivity index (χ4n) is 3.53. The van der Waals surface area contributed by atoms with E-state index in [2.05, 4.69) is 21.7 Å². The second-order valence-corrected chi connectivity index (χ2v) is 5.90. The number of nitrogens with one attached hydrogen (secondary N) is 2. The molecule has 3 rings (SSSR count). The highest BCUT2D eigenvalue weighted by molar-refractivity contribution is 5.08. The van der Waals surface area contributed by atoms with Crippen LogP contribution in [0.1, 0.15) is 24.8 Å². The van der Waals surface area contributed by atoms with Crippen molar-refractivity contribution in [2.75, 3.05) is 26.3 Å². The summed E-state index contributed by atoms with van der Waals surface area (Å²) in [5.41, 5.74) is 1.31. The first-order valence-electron chi connectivity index (χ1n) is 7.87. The maximum absolute atomic E-state index is 5.62. The van der Waals surface area contributed by atoms with Crippen molar-refractivity contribution >= 4 is 0 Å². The summed E-state index contributed by atoms with van der Waals surface area (Å²) in [7, 11) is 0. The van der Waals surface area contributed by atoms with Crippen molar-refractivity contribution in [2.24, 2.45) is 5.92 Å². The van der Waals surface area contributed by atoms with Gasteiger partial charge in [0.1, 0.15) is 0 Å². The molecule has 110 valence electrons. The van der Waals surface area contributed by atoms with E-state index in [1.165, 1.54) is 24.8 Å². The van der Waals surface area contributed by atoms with Crippen LogP contribution in [0.3, 0.4) is 0 Å². The first kappa shape index (κ1) is 14.0. The Labute approximate surface area is 121 Å². The molecule has 20 heavy (non-hydrogen) atoms. The highest BCUT2D eigenvalue weighted by atomic mass is 16.5. The monoisotopic (exact) mass is 275 g/mol. The number of hydrogen-bond donors (Lipinski definition) is 2. The van der Waals surface area contributed by atoms with Crippen LogP contribution in [0.2, 0.25) is 0 Å². The van der Waals surface area contributed by atoms with Gasteiger partial charge >= 0.3 is 0 Å². The van der Waals surface area contributed by atoms with Crippen molar-refractivity contribution in [2.45, 2.75) is 37.8 Å². The Kier molecular flexibility index (Phi) is 5.01. The second-order valence-electron chi connectivity index (χ2n) is 5.90. The summed E-state index contributed by atoms with van der Waals surface area (Å²) >= 11 is 0. The molecule has 4 nitrogen and oxygen atoms in total. The van der Waals surface area contributed by atoms with Crippen LogP contribution in [0, 0.1) is 5.92 Å². The van der Waals surface area contributed by atoms with Crippen LogP contribution in [-0.4, -0.2) is 43.4 Å². The predicted octanol–water partition coefficient (Wildman–Crippen LogP) is 1.37. The fraction of sp³-hybridized carbons (Fsp3) is 0.688. The summed E-state index contributed by atoms with van der Waals surface area (Å²) in [4.78, 5) is 4.17. The molecule has 2 aliphatic rings. The van der Waals surface area contributed by atoms with Crippen LogP contribution in [0.5, 0.6) is 0 Å². The Hall–Kier alpha value is -0.970. The van der Waals surface area contributed by atoms with Crippen LogP contribution in [0.15, 0.2) is 24.5 Å². The van der Waals surface area contributed by atoms with Crippen LogP contribution in [0.25, 0.3) is 0 Å². The van der Waals surface area contributed by atoms with E-state index in [4.69, 9.17) is 4.74 Å². The topological polar surface area (TPSA) is 46.2 Å². The molecular weight excluding hydrogens is 250 g/mol. The average Bonchev–Trinajstić information content (AvgIpc) is 2.98. The van der Waals surface area contributed by atoms with Gasteiger partial charge in [0.25, 0.3) is 0 Å². The molecule has 0 aromatic carbocycles. The molecule has 1 aromatic heterocycles. The molecule has 0 spiro atoms. The number of pyridine rings is 1. The molecular formula is C16H25N3O. The zero-order chi connectivity index (χ0) is 13.6. The number of aromatic nitrogens is 1. The first-order valence-corrected chi connectivity index (χ1v) is 7.87. The third-order valence-electron chi connectivity index (χ3n) is 4.58. The second kappa shape index (κ2) is 7.16. The van der Waals surface area contributed by atoms with E-state index < -0.39 is 0 Å². The Morgan fingerprint density at radius 2 is 2.40 bits per heavy atom. The van der Waals surface area contributed by atoms with Gasteiger partial charge in [-0.3, -0.25) is 4.98 Å². The Balaban J connectivity index is 1.46. The molecule has 2 fully saturated rings. The zero-order valence-corrected chi connectivity index (χ0v) is 12.1. The molecule has 0 bridgehead atoms. The predicted molar refractivity (Wildman–Crippen MR) is 79.7 cm³/mol. The van der Waals surface area contributed by atoms with Gasteiger partial charge in [-0.1, -0.05) is 12.5 Å². The van der Waals surface area contributed by atoms with E-state index in [0.29, 0.717) is 12.1 Å². The van der Waals surface area contributed by atoms with Crippen LogP contribution < -0.4 is 10.6 Å². The summed E-state index contributed by atoms with van der Waals surface area (Å²) in [6, 6.07) is 5.35. The summed E-state index contributed by atoms with van der Waals surface area (Å²) < 4.78 is 5.62. The minimum atomic E-state index is 0.544. The van der Waals surface area contributed by atoms with Gasteiger partial charge in [0.2, 0.25) is 0 Å². The van der Waals surface area contributed by atoms with Crippen LogP contribution >= 0.6 is 0 Å². The van der Waals surface area contributed by atoms with Crippen LogP contribution in [-0.2, 0) is 11.2 Å². The van der Waals surface area contributed by atoms with Gasteiger partial charge in [-0.05, 0) is 43.4 Å². The zero-order valence-electron chi connectivity index (χ0n) is 12.1. The maximum Gasteiger partial charge on any atom is 0.0623 e. The van der Waals surface area contributed by atoms with E-state index in [9.17, 15) is 0 Å². The molecule has 1 saturated carbocycles. The SMILES string of the molecule is c1cncc(CCNC2CCCC2C2COCCN2)c1. The highest BCUT2D eigenvalue weighted by Gasteiger charge is 2.34. The minimum absolute atomic E-state index is 0.544. The van der Waals surface area contributed by atoms with Gasteiger partial charge in [0.15, 0.2) is 0 Å². The van der Waals surface area contributed by atoms with E-state index in [1.54, 1.807) is 0 Å². The number of nitrogens with zero attached hydrogens (tertiary/aromatic N) is 1. The standard InChI is InChI=1S/C16H25N3O/c1-4-14(16-12-20-10-9-19-16)15(5-1)18-8-6-13-3-2-7-17-11-13/h2-3,7,11,14-16,18-19H,1,4-6,8-10,12H2. The fourth-order valence-corrected chi connectivity index (χ4v) is 3.53. The number of hydrogen-bond acceptors (Lipinski definition) is 4. The van der Waals surface area contributed by atoms with Crippen molar-refractivity contribution in [3.63, 3.8) is 0 Å². The molecule has 0 radical (unpaired) electrons. The van der Waals surface area contributed by atoms with Gasteiger partial charge in [-0.25, -0.2) is 0 Å². The molecule has 3 atom stereocenters. The Morgan fingerprint density at radius 3 is 3.20 bits per heavy atom. The maximum atomic E-state index is 5.62. The molecule has 0 amide bonds. The summed E-state index contributed by atoms with van der Waals surface area (Å²) in [6.07, 6.45) is 8.82. The molecule has 3 unspecified atom stereocenters. The number of rotatable bonds is 5. The van der Waals surface area contributed by atoms with Crippen molar-refractivity contribution in [3.05, 3.63) is 30.1 Å². The lowest BCUT2D eigenvalue weighted by Crippen LogP contribution is -2.51. The summed E-state index contributed by atoms with van der Waals surface area (Å²) in [5.74, 6) is 0.726. The summed E-state index contributed by atoms with van der Waals surface area (Å²) in [6.45, 7) is 3.79. The normalized spacial score (nSPS) is 30.5. The first-order chi connectivity index (χ1) is 9.93. The van der Waals surface area contributed by atoms with Gasteiger partial charge < -0.3 is 15.4 Å². The van der Waals surface area contributed by atoms with Crippen molar-refractivity contribution in [1.82, 2.24) is 15.6 Å². The molecule has 1 aromatic rings. The molecule has 1 saturated heterocycles. The number of morpholine rings is 1. The Morgan fingerprint density at radius 1 is 1.40 bits per heavy atom. The lowest BCUT2D eigenvalue weighted by molar-refractivity contribution is 0.0526. The van der Waals surface area contributed by atoms with Gasteiger partial charge in [0.05, 0.1) is 13.2 Å². The Bertz CT molecular complexity index is 392. The van der Waals surface area contributed by atoms with Gasteiger partial charge in [-0.15, -0.1) is 0 Å². The van der Waals surface area contributed by atoms with Gasteiger partial charge in [0, 0.05) is 31.0 Å². The number of ether oxygens (including phenoxy) is 1. The highest BCUT2D eigenvalue weighted by Crippen LogP contribution is 2.29. The molecule has 2 heterocycles. The largest absolute Gasteiger partial charge is 0.379 e. The van der Waals surface area contributed by atoms with Crippen molar-refractivity contribution < 1.29 is 4.74 Å². The third-order valence-corrected chi connectivity index (χ3v) is 4.58. The molecule has 4 heteroatoms. The van der Waals surface area contributed by atoms with E-state index >= 15 is 0 Å². The van der Waals surface area contributed by atoms with Crippen molar-refractivity contribution in [3.8, 4) is 0 Å². The van der Waals surface area contributed by atoms with Crippen LogP contribution in [0.4, 0.5) is 0 Å².